The van der Waals surface area contributed by atoms with E-state index in [4.69, 9.17) is 0 Å². The Bertz CT molecular complexity index is 530. The number of benzene rings is 1. The monoisotopic (exact) mass is 277 g/mol. The molecule has 1 aliphatic rings. The molecule has 1 heterocycles. The van der Waals surface area contributed by atoms with Gasteiger partial charge in [0.2, 0.25) is 5.91 Å². The van der Waals surface area contributed by atoms with E-state index in [-0.39, 0.29) is 17.5 Å². The van der Waals surface area contributed by atoms with Crippen molar-refractivity contribution < 1.29 is 9.72 Å². The molecule has 6 heteroatoms. The Hall–Kier alpha value is -2.11. The van der Waals surface area contributed by atoms with Crippen molar-refractivity contribution in [2.24, 2.45) is 5.92 Å². The average Bonchev–Trinajstić information content (AvgIpc) is 2.43. The number of carbonyl (C=O) groups excluding carboxylic acids is 1. The third-order valence-corrected chi connectivity index (χ3v) is 3.70. The number of nitrogens with zero attached hydrogens (tertiary/aromatic N) is 2. The Morgan fingerprint density at radius 1 is 1.50 bits per heavy atom. The van der Waals surface area contributed by atoms with Gasteiger partial charge in [-0.05, 0) is 24.5 Å². The molecule has 0 bridgehead atoms. The normalized spacial score (nSPS) is 19.0. The van der Waals surface area contributed by atoms with E-state index >= 15 is 0 Å². The van der Waals surface area contributed by atoms with E-state index in [0.29, 0.717) is 12.2 Å². The van der Waals surface area contributed by atoms with Crippen LogP contribution in [0, 0.1) is 16.0 Å². The lowest BCUT2D eigenvalue weighted by Gasteiger charge is -2.30. The first-order valence-corrected chi connectivity index (χ1v) is 6.76. The summed E-state index contributed by atoms with van der Waals surface area (Å²) < 4.78 is 0. The van der Waals surface area contributed by atoms with Gasteiger partial charge in [0.1, 0.15) is 5.69 Å². The molecule has 1 unspecified atom stereocenters. The van der Waals surface area contributed by atoms with E-state index in [2.05, 4.69) is 5.32 Å². The predicted molar refractivity (Wildman–Crippen MR) is 76.5 cm³/mol. The minimum atomic E-state index is -0.413. The van der Waals surface area contributed by atoms with Gasteiger partial charge in [-0.15, -0.1) is 0 Å². The molecule has 0 spiro atoms. The number of rotatable bonds is 4. The maximum Gasteiger partial charge on any atom is 0.292 e. The van der Waals surface area contributed by atoms with Gasteiger partial charge in [-0.1, -0.05) is 13.0 Å². The van der Waals surface area contributed by atoms with Gasteiger partial charge in [0.15, 0.2) is 0 Å². The first-order valence-electron chi connectivity index (χ1n) is 6.76. The van der Waals surface area contributed by atoms with Crippen LogP contribution in [0.1, 0.15) is 25.3 Å². The fourth-order valence-corrected chi connectivity index (χ4v) is 2.55. The minimum Gasteiger partial charge on any atom is -0.383 e. The van der Waals surface area contributed by atoms with Gasteiger partial charge in [-0.25, -0.2) is 0 Å². The van der Waals surface area contributed by atoms with Crippen LogP contribution in [-0.2, 0) is 11.3 Å². The summed E-state index contributed by atoms with van der Waals surface area (Å²) in [6.07, 6.45) is 1.95. The van der Waals surface area contributed by atoms with Crippen LogP contribution in [0.4, 0.5) is 11.4 Å². The van der Waals surface area contributed by atoms with Gasteiger partial charge >= 0.3 is 0 Å². The molecular weight excluding hydrogens is 258 g/mol. The smallest absolute Gasteiger partial charge is 0.292 e. The Balaban J connectivity index is 2.17. The van der Waals surface area contributed by atoms with Gasteiger partial charge in [0, 0.05) is 32.1 Å². The van der Waals surface area contributed by atoms with Crippen LogP contribution in [0.25, 0.3) is 0 Å². The number of hydrogen-bond donors (Lipinski definition) is 1. The zero-order valence-corrected chi connectivity index (χ0v) is 11.8. The van der Waals surface area contributed by atoms with Crippen LogP contribution in [0.15, 0.2) is 18.2 Å². The van der Waals surface area contributed by atoms with Crippen molar-refractivity contribution in [3.8, 4) is 0 Å². The van der Waals surface area contributed by atoms with Gasteiger partial charge in [-0.3, -0.25) is 14.9 Å². The lowest BCUT2D eigenvalue weighted by Crippen LogP contribution is -2.39. The number of nitro groups is 1. The first kappa shape index (κ1) is 14.3. The van der Waals surface area contributed by atoms with Crippen LogP contribution in [0.3, 0.4) is 0 Å². The van der Waals surface area contributed by atoms with Gasteiger partial charge in [-0.2, -0.15) is 0 Å². The summed E-state index contributed by atoms with van der Waals surface area (Å²) >= 11 is 0. The Labute approximate surface area is 117 Å². The molecule has 1 atom stereocenters. The predicted octanol–water partition coefficient (Wildman–Crippen LogP) is 2.40. The van der Waals surface area contributed by atoms with E-state index in [1.807, 2.05) is 11.8 Å². The van der Waals surface area contributed by atoms with Crippen molar-refractivity contribution in [1.29, 1.82) is 0 Å². The third kappa shape index (κ3) is 2.89. The Kier molecular flexibility index (Phi) is 4.22. The molecule has 1 saturated heterocycles. The zero-order chi connectivity index (χ0) is 14.7. The van der Waals surface area contributed by atoms with Crippen molar-refractivity contribution in [1.82, 2.24) is 4.90 Å². The van der Waals surface area contributed by atoms with Crippen molar-refractivity contribution in [2.45, 2.75) is 26.3 Å². The molecule has 108 valence electrons. The second kappa shape index (κ2) is 5.90. The van der Waals surface area contributed by atoms with Crippen molar-refractivity contribution in [2.75, 3.05) is 18.9 Å². The summed E-state index contributed by atoms with van der Waals surface area (Å²) in [7, 11) is 1.65. The Morgan fingerprint density at radius 2 is 2.25 bits per heavy atom. The van der Waals surface area contributed by atoms with Gasteiger partial charge in [0.05, 0.1) is 4.92 Å². The molecular formula is C14H19N3O3. The molecule has 1 N–H and O–H groups in total. The molecule has 0 radical (unpaired) electrons. The largest absolute Gasteiger partial charge is 0.383 e. The van der Waals surface area contributed by atoms with Crippen molar-refractivity contribution >= 4 is 17.3 Å². The van der Waals surface area contributed by atoms with Gasteiger partial charge < -0.3 is 10.2 Å². The lowest BCUT2D eigenvalue weighted by molar-refractivity contribution is -0.384. The highest BCUT2D eigenvalue weighted by atomic mass is 16.6. The second-order valence-electron chi connectivity index (χ2n) is 5.16. The Morgan fingerprint density at radius 3 is 2.90 bits per heavy atom. The summed E-state index contributed by atoms with van der Waals surface area (Å²) in [5, 5.41) is 13.7. The molecule has 6 nitrogen and oxygen atoms in total. The standard InChI is InChI=1S/C14H19N3O3/c1-10-4-3-7-16(14(10)18)9-11-5-6-13(17(19)20)12(8-11)15-2/h5-6,8,10,15H,3-4,7,9H2,1-2H3. The molecule has 0 aromatic heterocycles. The highest BCUT2D eigenvalue weighted by Gasteiger charge is 2.25. The molecule has 2 rings (SSSR count). The van der Waals surface area contributed by atoms with E-state index in [0.717, 1.165) is 24.9 Å². The zero-order valence-electron chi connectivity index (χ0n) is 11.8. The number of amides is 1. The van der Waals surface area contributed by atoms with E-state index in [1.54, 1.807) is 19.2 Å². The highest BCUT2D eigenvalue weighted by Crippen LogP contribution is 2.26. The van der Waals surface area contributed by atoms with Crippen LogP contribution in [0.2, 0.25) is 0 Å². The summed E-state index contributed by atoms with van der Waals surface area (Å²) in [6.45, 7) is 3.22. The van der Waals surface area contributed by atoms with Crippen molar-refractivity contribution in [3.05, 3.63) is 33.9 Å². The number of anilines is 1. The summed E-state index contributed by atoms with van der Waals surface area (Å²) in [6, 6.07) is 4.94. The fourth-order valence-electron chi connectivity index (χ4n) is 2.55. The molecule has 0 saturated carbocycles. The molecule has 1 aliphatic heterocycles. The summed E-state index contributed by atoms with van der Waals surface area (Å²) in [4.78, 5) is 24.4. The average molecular weight is 277 g/mol. The molecule has 1 amide bonds. The first-order chi connectivity index (χ1) is 9.52. The van der Waals surface area contributed by atoms with Crippen LogP contribution >= 0.6 is 0 Å². The van der Waals surface area contributed by atoms with Crippen LogP contribution < -0.4 is 5.32 Å². The van der Waals surface area contributed by atoms with E-state index in [1.165, 1.54) is 6.07 Å². The number of nitro benzene ring substituents is 1. The minimum absolute atomic E-state index is 0.0505. The summed E-state index contributed by atoms with van der Waals surface area (Å²) in [5.41, 5.74) is 1.43. The number of carbonyl (C=O) groups is 1. The van der Waals surface area contributed by atoms with Crippen molar-refractivity contribution in [3.63, 3.8) is 0 Å². The third-order valence-electron chi connectivity index (χ3n) is 3.70. The SMILES string of the molecule is CNc1cc(CN2CCCC(C)C2=O)ccc1[N+](=O)[O-]. The van der Waals surface area contributed by atoms with Crippen LogP contribution in [0.5, 0.6) is 0 Å². The molecule has 1 fully saturated rings. The molecule has 1 aromatic carbocycles. The quantitative estimate of drug-likeness (QED) is 0.677. The topological polar surface area (TPSA) is 75.5 Å². The summed E-state index contributed by atoms with van der Waals surface area (Å²) in [5.74, 6) is 0.242. The fraction of sp³-hybridized carbons (Fsp3) is 0.500. The van der Waals surface area contributed by atoms with Crippen LogP contribution in [-0.4, -0.2) is 29.3 Å². The van der Waals surface area contributed by atoms with E-state index < -0.39 is 4.92 Å². The molecule has 1 aromatic rings. The number of likely N-dealkylation sites (tertiary alicyclic amines) is 1. The second-order valence-corrected chi connectivity index (χ2v) is 5.16. The number of piperidine rings is 1. The maximum absolute atomic E-state index is 12.1. The highest BCUT2D eigenvalue weighted by molar-refractivity contribution is 5.79. The lowest BCUT2D eigenvalue weighted by atomic mass is 9.98. The van der Waals surface area contributed by atoms with E-state index in [9.17, 15) is 14.9 Å². The molecule has 0 aliphatic carbocycles. The number of hydrogen-bond acceptors (Lipinski definition) is 4. The maximum atomic E-state index is 12.1. The molecule has 20 heavy (non-hydrogen) atoms. The number of nitrogens with one attached hydrogen (secondary N) is 1. The van der Waals surface area contributed by atoms with Gasteiger partial charge in [0.25, 0.3) is 5.69 Å².